The zero-order valence-corrected chi connectivity index (χ0v) is 4.32. The molecule has 0 atom stereocenters. The summed E-state index contributed by atoms with van der Waals surface area (Å²) in [5, 5.41) is 0. The molecule has 0 aliphatic heterocycles. The predicted octanol–water partition coefficient (Wildman–Crippen LogP) is 2.21. The molecular weight excluding hydrogens is 114 g/mol. The van der Waals surface area contributed by atoms with E-state index in [1.54, 1.807) is 0 Å². The third kappa shape index (κ3) is 15.0. The molecule has 3 heteroatoms. The Labute approximate surface area is 35.7 Å². The van der Waals surface area contributed by atoms with Crippen molar-refractivity contribution in [1.29, 1.82) is 0 Å². The maximum atomic E-state index is 4.99. The van der Waals surface area contributed by atoms with Crippen LogP contribution in [0, 0.1) is 0 Å². The molecule has 0 rings (SSSR count). The van der Waals surface area contributed by atoms with E-state index in [0.29, 0.717) is 0 Å². The Balaban J connectivity index is 2.80. The summed E-state index contributed by atoms with van der Waals surface area (Å²) >= 11 is 9.99. The van der Waals surface area contributed by atoms with Gasteiger partial charge in [0, 0.05) is 0 Å². The molecular formula is CH2Cl2P+. The number of hydrogen-bond donors (Lipinski definition) is 0. The molecule has 0 saturated carbocycles. The molecule has 0 bridgehead atoms. The molecule has 0 nitrogen and oxygen atoms in total. The van der Waals surface area contributed by atoms with Gasteiger partial charge in [-0.15, -0.1) is 0 Å². The van der Waals surface area contributed by atoms with Crippen LogP contribution in [0.2, 0.25) is 0 Å². The zero-order chi connectivity index (χ0) is 3.58. The third-order valence-electron chi connectivity index (χ3n) is 0. The van der Waals surface area contributed by atoms with Crippen molar-refractivity contribution in [3.05, 3.63) is 0 Å². The van der Waals surface area contributed by atoms with E-state index in [0.717, 1.165) is 0 Å². The second kappa shape index (κ2) is 2.02. The monoisotopic (exact) mass is 115 g/mol. The molecule has 0 N–H and O–H groups in total. The zero-order valence-electron chi connectivity index (χ0n) is 1.91. The minimum Gasteiger partial charge on any atom is 0.110 e. The van der Waals surface area contributed by atoms with Crippen molar-refractivity contribution in [2.24, 2.45) is 0 Å². The quantitative estimate of drug-likeness (QED) is 0.425. The van der Waals surface area contributed by atoms with E-state index < -0.39 is 6.25 Å². The highest BCUT2D eigenvalue weighted by molar-refractivity contribution is 8.01. The summed E-state index contributed by atoms with van der Waals surface area (Å²) in [6.07, 6.45) is 2.31. The molecule has 0 aliphatic rings. The van der Waals surface area contributed by atoms with Crippen molar-refractivity contribution in [2.45, 2.75) is 0 Å². The van der Waals surface area contributed by atoms with Crippen molar-refractivity contribution in [1.82, 2.24) is 0 Å². The highest BCUT2D eigenvalue weighted by atomic mass is 35.9. The van der Waals surface area contributed by atoms with Gasteiger partial charge in [0.25, 0.3) is 0 Å². The van der Waals surface area contributed by atoms with Gasteiger partial charge in [0.05, 0.1) is 0 Å². The lowest BCUT2D eigenvalue weighted by atomic mass is 12.0. The van der Waals surface area contributed by atoms with Gasteiger partial charge in [0.15, 0.2) is 22.5 Å². The molecule has 0 saturated heterocycles. The summed E-state index contributed by atoms with van der Waals surface area (Å²) in [7, 11) is 0. The fraction of sp³-hybridized carbons (Fsp3) is 0. The molecule has 4 heavy (non-hydrogen) atoms. The lowest BCUT2D eigenvalue weighted by Crippen LogP contribution is -1.00. The SMILES string of the molecule is C=[P+](Cl)Cl. The first kappa shape index (κ1) is 4.75. The number of hydrogen-bond acceptors (Lipinski definition) is 0. The van der Waals surface area contributed by atoms with Gasteiger partial charge in [0.2, 0.25) is 0 Å². The minimum atomic E-state index is -0.926. The van der Waals surface area contributed by atoms with Gasteiger partial charge in [-0.3, -0.25) is 0 Å². The van der Waals surface area contributed by atoms with Crippen LogP contribution in [0.15, 0.2) is 0 Å². The molecule has 0 radical (unpaired) electrons. The first-order valence-electron chi connectivity index (χ1n) is 0.654. The fourth-order valence-corrected chi connectivity index (χ4v) is 0. The summed E-state index contributed by atoms with van der Waals surface area (Å²) in [4.78, 5) is 0. The maximum absolute atomic E-state index is 4.99. The van der Waals surface area contributed by atoms with E-state index in [-0.39, 0.29) is 0 Å². The average Bonchev–Trinajstić information content (AvgIpc) is 0.811. The van der Waals surface area contributed by atoms with Crippen LogP contribution in [-0.4, -0.2) is 6.30 Å². The Kier molecular flexibility index (Phi) is 2.39. The molecule has 0 aromatic rings. The molecule has 0 fully saturated rings. The van der Waals surface area contributed by atoms with Crippen LogP contribution in [-0.2, 0) is 0 Å². The molecule has 0 heterocycles. The van der Waals surface area contributed by atoms with Crippen molar-refractivity contribution < 1.29 is 0 Å². The predicted molar refractivity (Wildman–Crippen MR) is 25.7 cm³/mol. The standard InChI is InChI=1S/CH2Cl2P/c1-4(2)3/h1H2/q+1. The van der Waals surface area contributed by atoms with Crippen LogP contribution in [0.1, 0.15) is 0 Å². The first-order valence-corrected chi connectivity index (χ1v) is 3.99. The molecule has 0 amide bonds. The van der Waals surface area contributed by atoms with Crippen LogP contribution in [0.3, 0.4) is 0 Å². The lowest BCUT2D eigenvalue weighted by Gasteiger charge is -1.34. The Bertz CT molecular complexity index is 29.0. The second-order valence-electron chi connectivity index (χ2n) is 0.303. The van der Waals surface area contributed by atoms with Gasteiger partial charge in [-0.1, -0.05) is 0 Å². The van der Waals surface area contributed by atoms with Crippen molar-refractivity contribution >= 4 is 35.0 Å². The van der Waals surface area contributed by atoms with Crippen LogP contribution in [0.5, 0.6) is 0 Å². The van der Waals surface area contributed by atoms with Gasteiger partial charge < -0.3 is 0 Å². The van der Waals surface area contributed by atoms with Gasteiger partial charge in [-0.25, -0.2) is 0 Å². The average molecular weight is 116 g/mol. The van der Waals surface area contributed by atoms with Crippen LogP contribution < -0.4 is 0 Å². The van der Waals surface area contributed by atoms with Gasteiger partial charge in [-0.05, 0) is 0 Å². The molecule has 0 aromatic heterocycles. The normalized spacial score (nSPS) is 6.50. The van der Waals surface area contributed by atoms with Crippen LogP contribution in [0.4, 0.5) is 0 Å². The maximum Gasteiger partial charge on any atom is 0.316 e. The van der Waals surface area contributed by atoms with E-state index in [9.17, 15) is 0 Å². The number of rotatable bonds is 0. The van der Waals surface area contributed by atoms with E-state index in [1.165, 1.54) is 0 Å². The van der Waals surface area contributed by atoms with E-state index in [1.807, 2.05) is 0 Å². The summed E-state index contributed by atoms with van der Waals surface area (Å²) in [5.74, 6) is 0. The molecule has 0 aromatic carbocycles. The van der Waals surface area contributed by atoms with Gasteiger partial charge in [-0.2, -0.15) is 0 Å². The van der Waals surface area contributed by atoms with E-state index in [2.05, 4.69) is 6.30 Å². The molecule has 24 valence electrons. The highest BCUT2D eigenvalue weighted by Gasteiger charge is 1.83. The van der Waals surface area contributed by atoms with Gasteiger partial charge >= 0.3 is 6.25 Å². The molecule has 0 spiro atoms. The Morgan fingerprint density at radius 2 is 1.50 bits per heavy atom. The smallest absolute Gasteiger partial charge is 0.110 e. The summed E-state index contributed by atoms with van der Waals surface area (Å²) < 4.78 is 0. The summed E-state index contributed by atoms with van der Waals surface area (Å²) in [6, 6.07) is 0. The largest absolute Gasteiger partial charge is 0.316 e. The highest BCUT2D eigenvalue weighted by Crippen LogP contribution is 2.30. The molecule has 0 aliphatic carbocycles. The minimum absolute atomic E-state index is 0.926. The second-order valence-corrected chi connectivity index (χ2v) is 3.88. The van der Waals surface area contributed by atoms with Gasteiger partial charge in [0.1, 0.15) is 6.30 Å². The summed E-state index contributed by atoms with van der Waals surface area (Å²) in [6.45, 7) is 0. The Hall–Kier alpha value is 0.750. The van der Waals surface area contributed by atoms with Crippen molar-refractivity contribution in [3.63, 3.8) is 0 Å². The van der Waals surface area contributed by atoms with E-state index in [4.69, 9.17) is 22.5 Å². The molecule has 0 unspecified atom stereocenters. The first-order chi connectivity index (χ1) is 1.73. The van der Waals surface area contributed by atoms with Crippen molar-refractivity contribution in [3.8, 4) is 0 Å². The Morgan fingerprint density at radius 3 is 1.50 bits per heavy atom. The van der Waals surface area contributed by atoms with E-state index >= 15 is 0 Å². The fourth-order valence-electron chi connectivity index (χ4n) is 0. The Morgan fingerprint density at radius 1 is 1.50 bits per heavy atom. The third-order valence-corrected chi connectivity index (χ3v) is 0. The topological polar surface area (TPSA) is 0 Å². The van der Waals surface area contributed by atoms with Crippen LogP contribution >= 0.6 is 28.7 Å². The summed E-state index contributed by atoms with van der Waals surface area (Å²) in [5.41, 5.74) is 0. The van der Waals surface area contributed by atoms with Crippen LogP contribution in [0.25, 0.3) is 0 Å². The lowest BCUT2D eigenvalue weighted by molar-refractivity contribution is 4.49. The number of halogens is 2. The van der Waals surface area contributed by atoms with Crippen molar-refractivity contribution in [2.75, 3.05) is 0 Å².